The highest BCUT2D eigenvalue weighted by Gasteiger charge is 2.14. The lowest BCUT2D eigenvalue weighted by Crippen LogP contribution is -2.21. The zero-order valence-electron chi connectivity index (χ0n) is 15.4. The van der Waals surface area contributed by atoms with Gasteiger partial charge in [0.1, 0.15) is 0 Å². The summed E-state index contributed by atoms with van der Waals surface area (Å²) < 4.78 is 5.50. The molecular formula is C22H18ClNO4S. The number of amides is 1. The molecule has 1 N–H and O–H groups in total. The van der Waals surface area contributed by atoms with Crippen molar-refractivity contribution in [1.82, 2.24) is 0 Å². The van der Waals surface area contributed by atoms with Crippen LogP contribution in [0.4, 0.5) is 5.69 Å². The molecule has 2 aromatic carbocycles. The van der Waals surface area contributed by atoms with Gasteiger partial charge in [-0.3, -0.25) is 14.4 Å². The molecule has 0 bridgehead atoms. The van der Waals surface area contributed by atoms with Crippen molar-refractivity contribution in [2.45, 2.75) is 12.8 Å². The molecule has 0 unspecified atom stereocenters. The number of hydrogen-bond acceptors (Lipinski definition) is 5. The Labute approximate surface area is 177 Å². The largest absolute Gasteiger partial charge is 0.456 e. The number of benzene rings is 2. The summed E-state index contributed by atoms with van der Waals surface area (Å²) in [6, 6.07) is 20.3. The van der Waals surface area contributed by atoms with Gasteiger partial charge in [-0.2, -0.15) is 0 Å². The lowest BCUT2D eigenvalue weighted by Gasteiger charge is -2.11. The summed E-state index contributed by atoms with van der Waals surface area (Å²) in [6.45, 7) is -0.416. The van der Waals surface area contributed by atoms with Gasteiger partial charge >= 0.3 is 5.97 Å². The van der Waals surface area contributed by atoms with Crippen LogP contribution in [-0.2, 0) is 14.3 Å². The zero-order chi connectivity index (χ0) is 20.6. The Kier molecular flexibility index (Phi) is 7.16. The third-order valence-corrected chi connectivity index (χ3v) is 5.33. The lowest BCUT2D eigenvalue weighted by atomic mass is 10.0. The number of anilines is 1. The number of Topliss-reactive ketones (excluding diaryl/α,β-unsaturated/α-hetero) is 1. The third-order valence-electron chi connectivity index (χ3n) is 4.05. The first-order chi connectivity index (χ1) is 14.0. The van der Waals surface area contributed by atoms with Gasteiger partial charge in [-0.05, 0) is 23.8 Å². The number of ether oxygens (including phenoxy) is 1. The molecule has 0 atom stereocenters. The first-order valence-corrected chi connectivity index (χ1v) is 10.1. The third kappa shape index (κ3) is 6.01. The summed E-state index contributed by atoms with van der Waals surface area (Å²) in [6.07, 6.45) is -0.0869. The maximum absolute atomic E-state index is 12.2. The molecule has 7 heteroatoms. The number of nitrogens with one attached hydrogen (secondary N) is 1. The molecule has 3 aromatic rings. The standard InChI is InChI=1S/C22H18ClNO4S/c23-20-12-11-19(29-20)18(25)10-13-22(27)28-14-21(26)24-17-9-5-4-8-16(17)15-6-2-1-3-7-15/h1-9,11-12H,10,13-14H2,(H,24,26). The van der Waals surface area contributed by atoms with Crippen molar-refractivity contribution in [3.05, 3.63) is 75.9 Å². The number of halogens is 1. The minimum Gasteiger partial charge on any atom is -0.456 e. The summed E-state index contributed by atoms with van der Waals surface area (Å²) in [7, 11) is 0. The minimum absolute atomic E-state index is 0.00807. The molecule has 3 rings (SSSR count). The quantitative estimate of drug-likeness (QED) is 0.395. The molecule has 1 heterocycles. The fraction of sp³-hybridized carbons (Fsp3) is 0.136. The zero-order valence-corrected chi connectivity index (χ0v) is 17.0. The van der Waals surface area contributed by atoms with Gasteiger partial charge in [0.05, 0.1) is 15.6 Å². The molecule has 1 amide bonds. The number of ketones is 1. The van der Waals surface area contributed by atoms with Crippen LogP contribution in [0.3, 0.4) is 0 Å². The average molecular weight is 428 g/mol. The SMILES string of the molecule is O=C(COC(=O)CCC(=O)c1ccc(Cl)s1)Nc1ccccc1-c1ccccc1. The van der Waals surface area contributed by atoms with Crippen LogP contribution in [0.5, 0.6) is 0 Å². The maximum Gasteiger partial charge on any atom is 0.306 e. The molecule has 0 saturated heterocycles. The van der Waals surface area contributed by atoms with E-state index in [4.69, 9.17) is 16.3 Å². The summed E-state index contributed by atoms with van der Waals surface area (Å²) in [4.78, 5) is 36.5. The summed E-state index contributed by atoms with van der Waals surface area (Å²) >= 11 is 6.96. The van der Waals surface area contributed by atoms with Gasteiger partial charge in [0.25, 0.3) is 5.91 Å². The van der Waals surface area contributed by atoms with Crippen LogP contribution >= 0.6 is 22.9 Å². The van der Waals surface area contributed by atoms with Gasteiger partial charge in [0.2, 0.25) is 0 Å². The second-order valence-electron chi connectivity index (χ2n) is 6.15. The van der Waals surface area contributed by atoms with Crippen molar-refractivity contribution in [2.24, 2.45) is 0 Å². The lowest BCUT2D eigenvalue weighted by molar-refractivity contribution is -0.147. The van der Waals surface area contributed by atoms with Gasteiger partial charge in [-0.1, -0.05) is 60.1 Å². The van der Waals surface area contributed by atoms with E-state index in [1.54, 1.807) is 18.2 Å². The van der Waals surface area contributed by atoms with E-state index in [-0.39, 0.29) is 18.6 Å². The van der Waals surface area contributed by atoms with Crippen LogP contribution in [0.2, 0.25) is 4.34 Å². The highest BCUT2D eigenvalue weighted by molar-refractivity contribution is 7.18. The number of hydrogen-bond donors (Lipinski definition) is 1. The van der Waals surface area contributed by atoms with Crippen LogP contribution in [0.15, 0.2) is 66.7 Å². The first-order valence-electron chi connectivity index (χ1n) is 8.91. The van der Waals surface area contributed by atoms with E-state index < -0.39 is 18.5 Å². The fourth-order valence-corrected chi connectivity index (χ4v) is 3.68. The van der Waals surface area contributed by atoms with E-state index in [0.29, 0.717) is 14.9 Å². The molecule has 0 radical (unpaired) electrons. The van der Waals surface area contributed by atoms with Gasteiger partial charge in [0.15, 0.2) is 12.4 Å². The Morgan fingerprint density at radius 3 is 2.34 bits per heavy atom. The van der Waals surface area contributed by atoms with Crippen molar-refractivity contribution in [2.75, 3.05) is 11.9 Å². The van der Waals surface area contributed by atoms with Crippen LogP contribution in [-0.4, -0.2) is 24.3 Å². The van der Waals surface area contributed by atoms with Crippen LogP contribution in [0.25, 0.3) is 11.1 Å². The van der Waals surface area contributed by atoms with Crippen molar-refractivity contribution in [3.8, 4) is 11.1 Å². The van der Waals surface area contributed by atoms with Gasteiger partial charge < -0.3 is 10.1 Å². The van der Waals surface area contributed by atoms with Crippen molar-refractivity contribution in [1.29, 1.82) is 0 Å². The summed E-state index contributed by atoms with van der Waals surface area (Å²) in [5, 5.41) is 2.76. The van der Waals surface area contributed by atoms with Crippen molar-refractivity contribution < 1.29 is 19.1 Å². The minimum atomic E-state index is -0.604. The molecule has 0 aliphatic carbocycles. The van der Waals surface area contributed by atoms with E-state index in [9.17, 15) is 14.4 Å². The van der Waals surface area contributed by atoms with E-state index in [1.807, 2.05) is 48.5 Å². The predicted octanol–water partition coefficient (Wildman–Crippen LogP) is 5.21. The number of thiophene rings is 1. The monoisotopic (exact) mass is 427 g/mol. The fourth-order valence-electron chi connectivity index (χ4n) is 2.67. The van der Waals surface area contributed by atoms with Gasteiger partial charge in [0, 0.05) is 17.7 Å². The van der Waals surface area contributed by atoms with Gasteiger partial charge in [-0.15, -0.1) is 11.3 Å². The number of esters is 1. The van der Waals surface area contributed by atoms with Crippen molar-refractivity contribution >= 4 is 46.3 Å². The number of para-hydroxylation sites is 1. The van der Waals surface area contributed by atoms with E-state index in [0.717, 1.165) is 11.1 Å². The molecule has 5 nitrogen and oxygen atoms in total. The number of carbonyl (C=O) groups excluding carboxylic acids is 3. The van der Waals surface area contributed by atoms with Crippen LogP contribution in [0, 0.1) is 0 Å². The Bertz CT molecular complexity index is 1020. The second-order valence-corrected chi connectivity index (χ2v) is 7.86. The first kappa shape index (κ1) is 20.8. The van der Waals surface area contributed by atoms with Gasteiger partial charge in [-0.25, -0.2) is 0 Å². The average Bonchev–Trinajstić information content (AvgIpc) is 3.18. The Hall–Kier alpha value is -2.96. The van der Waals surface area contributed by atoms with Crippen molar-refractivity contribution in [3.63, 3.8) is 0 Å². The predicted molar refractivity (Wildman–Crippen MR) is 114 cm³/mol. The molecule has 0 saturated carbocycles. The smallest absolute Gasteiger partial charge is 0.306 e. The summed E-state index contributed by atoms with van der Waals surface area (Å²) in [5.41, 5.74) is 2.46. The number of carbonyl (C=O) groups is 3. The van der Waals surface area contributed by atoms with E-state index in [1.165, 1.54) is 11.3 Å². The highest BCUT2D eigenvalue weighted by Crippen LogP contribution is 2.27. The summed E-state index contributed by atoms with van der Waals surface area (Å²) in [5.74, 6) is -1.23. The molecule has 0 fully saturated rings. The molecule has 1 aromatic heterocycles. The molecular weight excluding hydrogens is 410 g/mol. The topological polar surface area (TPSA) is 72.5 Å². The van der Waals surface area contributed by atoms with Crippen LogP contribution < -0.4 is 5.32 Å². The number of rotatable bonds is 8. The molecule has 29 heavy (non-hydrogen) atoms. The molecule has 0 spiro atoms. The highest BCUT2D eigenvalue weighted by atomic mass is 35.5. The Balaban J connectivity index is 1.49. The van der Waals surface area contributed by atoms with E-state index >= 15 is 0 Å². The normalized spacial score (nSPS) is 10.4. The molecule has 0 aliphatic rings. The maximum atomic E-state index is 12.2. The Morgan fingerprint density at radius 2 is 1.62 bits per heavy atom. The van der Waals surface area contributed by atoms with E-state index in [2.05, 4.69) is 5.32 Å². The second kappa shape index (κ2) is 10.0. The molecule has 0 aliphatic heterocycles. The van der Waals surface area contributed by atoms with Crippen LogP contribution in [0.1, 0.15) is 22.5 Å². The Morgan fingerprint density at radius 1 is 0.897 bits per heavy atom. The molecule has 148 valence electrons.